The molecule has 0 saturated carbocycles. The van der Waals surface area contributed by atoms with Gasteiger partial charge in [-0.1, -0.05) is 42.3 Å². The van der Waals surface area contributed by atoms with Gasteiger partial charge in [-0.15, -0.1) is 0 Å². The fourth-order valence-corrected chi connectivity index (χ4v) is 4.26. The van der Waals surface area contributed by atoms with Crippen molar-refractivity contribution >= 4 is 33.2 Å². The summed E-state index contributed by atoms with van der Waals surface area (Å²) in [4.78, 5) is 12.7. The fraction of sp³-hybridized carbons (Fsp3) is 0.381. The second kappa shape index (κ2) is 9.98. The zero-order valence-electron chi connectivity index (χ0n) is 17.1. The molecule has 0 aliphatic heterocycles. The number of carbonyl (C=O) groups excluding carboxylic acids is 1. The Morgan fingerprint density at radius 1 is 1.17 bits per heavy atom. The maximum absolute atomic E-state index is 12.7. The molecule has 0 aliphatic rings. The van der Waals surface area contributed by atoms with Crippen molar-refractivity contribution < 1.29 is 17.9 Å². The van der Waals surface area contributed by atoms with E-state index in [0.717, 1.165) is 17.4 Å². The Bertz CT molecular complexity index is 946. The number of benzene rings is 2. The van der Waals surface area contributed by atoms with Crippen LogP contribution in [0.15, 0.2) is 42.5 Å². The lowest BCUT2D eigenvalue weighted by molar-refractivity contribution is -0.122. The highest BCUT2D eigenvalue weighted by Gasteiger charge is 2.31. The van der Waals surface area contributed by atoms with E-state index < -0.39 is 16.1 Å². The van der Waals surface area contributed by atoms with Crippen LogP contribution in [0.3, 0.4) is 0 Å². The molecule has 0 saturated heterocycles. The van der Waals surface area contributed by atoms with E-state index in [1.807, 2.05) is 32.0 Å². The minimum Gasteiger partial charge on any atom is -0.492 e. The van der Waals surface area contributed by atoms with E-state index in [1.54, 1.807) is 31.2 Å². The van der Waals surface area contributed by atoms with Gasteiger partial charge in [-0.25, -0.2) is 8.42 Å². The number of halogens is 1. The van der Waals surface area contributed by atoms with Gasteiger partial charge in [0.2, 0.25) is 15.9 Å². The number of nitrogens with one attached hydrogen (secondary N) is 1. The number of aryl methyl sites for hydroxylation is 2. The van der Waals surface area contributed by atoms with E-state index in [2.05, 4.69) is 5.32 Å². The van der Waals surface area contributed by atoms with Crippen LogP contribution in [0.2, 0.25) is 5.02 Å². The Hall–Kier alpha value is -2.25. The zero-order chi connectivity index (χ0) is 21.6. The van der Waals surface area contributed by atoms with Gasteiger partial charge in [0.15, 0.2) is 0 Å². The Kier molecular flexibility index (Phi) is 7.93. The molecule has 0 aromatic heterocycles. The van der Waals surface area contributed by atoms with Crippen molar-refractivity contribution in [3.63, 3.8) is 0 Å². The van der Waals surface area contributed by atoms with Gasteiger partial charge in [0, 0.05) is 5.02 Å². The SMILES string of the molecule is CC[C@H](C(=O)NCCOc1ccc(C)c(Cl)c1)N(c1ccc(C)cc1)S(C)(=O)=O. The maximum atomic E-state index is 12.7. The third-order valence-electron chi connectivity index (χ3n) is 4.43. The van der Waals surface area contributed by atoms with Gasteiger partial charge in [-0.3, -0.25) is 9.10 Å². The van der Waals surface area contributed by atoms with E-state index in [1.165, 1.54) is 4.31 Å². The molecule has 8 heteroatoms. The van der Waals surface area contributed by atoms with Crippen LogP contribution < -0.4 is 14.4 Å². The first-order valence-electron chi connectivity index (χ1n) is 9.36. The molecule has 2 rings (SSSR count). The summed E-state index contributed by atoms with van der Waals surface area (Å²) in [7, 11) is -3.64. The minimum atomic E-state index is -3.64. The van der Waals surface area contributed by atoms with E-state index >= 15 is 0 Å². The topological polar surface area (TPSA) is 75.7 Å². The molecule has 0 fully saturated rings. The molecule has 6 nitrogen and oxygen atoms in total. The summed E-state index contributed by atoms with van der Waals surface area (Å²) in [5.74, 6) is 0.239. The highest BCUT2D eigenvalue weighted by atomic mass is 35.5. The van der Waals surface area contributed by atoms with Crippen molar-refractivity contribution in [2.75, 3.05) is 23.7 Å². The van der Waals surface area contributed by atoms with Gasteiger partial charge in [-0.05, 0) is 50.1 Å². The van der Waals surface area contributed by atoms with Crippen molar-refractivity contribution in [3.05, 3.63) is 58.6 Å². The van der Waals surface area contributed by atoms with Gasteiger partial charge >= 0.3 is 0 Å². The van der Waals surface area contributed by atoms with Crippen molar-refractivity contribution in [1.82, 2.24) is 5.32 Å². The molecular formula is C21H27ClN2O4S. The summed E-state index contributed by atoms with van der Waals surface area (Å²) in [5.41, 5.74) is 2.42. The summed E-state index contributed by atoms with van der Waals surface area (Å²) in [6.07, 6.45) is 1.44. The molecular weight excluding hydrogens is 412 g/mol. The first kappa shape index (κ1) is 23.0. The number of ether oxygens (including phenoxy) is 1. The van der Waals surface area contributed by atoms with Crippen LogP contribution in [0.4, 0.5) is 5.69 Å². The van der Waals surface area contributed by atoms with Crippen LogP contribution in [-0.4, -0.2) is 39.8 Å². The molecule has 1 N–H and O–H groups in total. The van der Waals surface area contributed by atoms with Crippen molar-refractivity contribution in [2.45, 2.75) is 33.2 Å². The summed E-state index contributed by atoms with van der Waals surface area (Å²) >= 11 is 6.07. The first-order valence-corrected chi connectivity index (χ1v) is 11.6. The number of amides is 1. The fourth-order valence-electron chi connectivity index (χ4n) is 2.88. The van der Waals surface area contributed by atoms with Crippen molar-refractivity contribution in [3.8, 4) is 5.75 Å². The Balaban J connectivity index is 2.03. The smallest absolute Gasteiger partial charge is 0.244 e. The maximum Gasteiger partial charge on any atom is 0.244 e. The normalized spacial score (nSPS) is 12.3. The van der Waals surface area contributed by atoms with Crippen LogP contribution in [0.1, 0.15) is 24.5 Å². The van der Waals surface area contributed by atoms with Crippen molar-refractivity contribution in [1.29, 1.82) is 0 Å². The Morgan fingerprint density at radius 2 is 1.83 bits per heavy atom. The van der Waals surface area contributed by atoms with Gasteiger partial charge in [0.05, 0.1) is 18.5 Å². The Morgan fingerprint density at radius 3 is 2.38 bits per heavy atom. The molecule has 2 aromatic carbocycles. The molecule has 0 unspecified atom stereocenters. The zero-order valence-corrected chi connectivity index (χ0v) is 18.7. The van der Waals surface area contributed by atoms with E-state index in [4.69, 9.17) is 16.3 Å². The lowest BCUT2D eigenvalue weighted by Crippen LogP contribution is -2.50. The summed E-state index contributed by atoms with van der Waals surface area (Å²) < 4.78 is 31.6. The second-order valence-corrected chi connectivity index (χ2v) is 9.14. The number of sulfonamides is 1. The van der Waals surface area contributed by atoms with E-state index in [-0.39, 0.29) is 19.1 Å². The van der Waals surface area contributed by atoms with Crippen LogP contribution in [0.25, 0.3) is 0 Å². The highest BCUT2D eigenvalue weighted by Crippen LogP contribution is 2.23. The first-order chi connectivity index (χ1) is 13.6. The summed E-state index contributed by atoms with van der Waals surface area (Å²) in [6.45, 7) is 6.08. The molecule has 0 spiro atoms. The number of rotatable bonds is 9. The predicted molar refractivity (Wildman–Crippen MR) is 117 cm³/mol. The second-order valence-electron chi connectivity index (χ2n) is 6.87. The monoisotopic (exact) mass is 438 g/mol. The highest BCUT2D eigenvalue weighted by molar-refractivity contribution is 7.92. The number of hydrogen-bond donors (Lipinski definition) is 1. The third-order valence-corrected chi connectivity index (χ3v) is 6.02. The third kappa shape index (κ3) is 6.37. The largest absolute Gasteiger partial charge is 0.492 e. The van der Waals surface area contributed by atoms with Crippen LogP contribution in [0, 0.1) is 13.8 Å². The lowest BCUT2D eigenvalue weighted by Gasteiger charge is -2.30. The van der Waals surface area contributed by atoms with Gasteiger partial charge < -0.3 is 10.1 Å². The van der Waals surface area contributed by atoms with Crippen molar-refractivity contribution in [2.24, 2.45) is 0 Å². The molecule has 1 atom stereocenters. The molecule has 158 valence electrons. The molecule has 0 heterocycles. The molecule has 1 amide bonds. The van der Waals surface area contributed by atoms with Gasteiger partial charge in [-0.2, -0.15) is 0 Å². The predicted octanol–water partition coefficient (Wildman–Crippen LogP) is 3.70. The average Bonchev–Trinajstić information content (AvgIpc) is 2.66. The molecule has 0 radical (unpaired) electrons. The number of carbonyl (C=O) groups is 1. The molecule has 0 bridgehead atoms. The summed E-state index contributed by atoms with van der Waals surface area (Å²) in [5, 5.41) is 3.37. The van der Waals surface area contributed by atoms with Gasteiger partial charge in [0.1, 0.15) is 18.4 Å². The van der Waals surface area contributed by atoms with Crippen LogP contribution in [-0.2, 0) is 14.8 Å². The summed E-state index contributed by atoms with van der Waals surface area (Å²) in [6, 6.07) is 11.6. The molecule has 2 aromatic rings. The Labute approximate surface area is 177 Å². The number of hydrogen-bond acceptors (Lipinski definition) is 4. The quantitative estimate of drug-likeness (QED) is 0.606. The number of anilines is 1. The standard InChI is InChI=1S/C21H27ClN2O4S/c1-5-20(24(29(4,26)27)17-9-6-15(2)7-10-17)21(25)23-12-13-28-18-11-8-16(3)19(22)14-18/h6-11,14,20H,5,12-13H2,1-4H3,(H,23,25)/t20-/m1/s1. The van der Waals surface area contributed by atoms with Gasteiger partial charge in [0.25, 0.3) is 0 Å². The van der Waals surface area contributed by atoms with E-state index in [0.29, 0.717) is 22.9 Å². The average molecular weight is 439 g/mol. The van der Waals surface area contributed by atoms with E-state index in [9.17, 15) is 13.2 Å². The van der Waals surface area contributed by atoms with Crippen LogP contribution >= 0.6 is 11.6 Å². The minimum absolute atomic E-state index is 0.241. The number of nitrogens with zero attached hydrogens (tertiary/aromatic N) is 1. The lowest BCUT2D eigenvalue weighted by atomic mass is 10.1. The van der Waals surface area contributed by atoms with Crippen LogP contribution in [0.5, 0.6) is 5.75 Å². The molecule has 29 heavy (non-hydrogen) atoms. The molecule has 0 aliphatic carbocycles.